The summed E-state index contributed by atoms with van der Waals surface area (Å²) in [5.74, 6) is 3.55. The van der Waals surface area contributed by atoms with E-state index in [4.69, 9.17) is 0 Å². The minimum atomic E-state index is 0.260. The van der Waals surface area contributed by atoms with Gasteiger partial charge >= 0.3 is 0 Å². The highest BCUT2D eigenvalue weighted by Crippen LogP contribution is 2.44. The Morgan fingerprint density at radius 2 is 2.00 bits per heavy atom. The first-order chi connectivity index (χ1) is 9.87. The molecule has 0 saturated carbocycles. The van der Waals surface area contributed by atoms with Crippen molar-refractivity contribution in [2.24, 2.45) is 11.8 Å². The van der Waals surface area contributed by atoms with Gasteiger partial charge in [0.25, 0.3) is 0 Å². The Kier molecular flexibility index (Phi) is 5.46. The Balaban J connectivity index is 2.29. The molecule has 1 aromatic carbocycles. The normalized spacial score (nSPS) is 22.4. The van der Waals surface area contributed by atoms with Crippen LogP contribution in [0, 0.1) is 11.8 Å². The Bertz CT molecular complexity index is 473. The van der Waals surface area contributed by atoms with Crippen LogP contribution in [0.1, 0.15) is 77.8 Å². The molecule has 1 aliphatic rings. The molecule has 0 saturated heterocycles. The van der Waals surface area contributed by atoms with E-state index in [1.165, 1.54) is 35.5 Å². The van der Waals surface area contributed by atoms with Crippen LogP contribution in [0.3, 0.4) is 0 Å². The molecule has 1 heterocycles. The number of thioether (sulfide) groups is 1. The predicted molar refractivity (Wildman–Crippen MR) is 96.5 cm³/mol. The van der Waals surface area contributed by atoms with E-state index < -0.39 is 0 Å². The van der Waals surface area contributed by atoms with Crippen molar-refractivity contribution in [2.75, 3.05) is 5.75 Å². The summed E-state index contributed by atoms with van der Waals surface area (Å²) in [5, 5.41) is 0. The van der Waals surface area contributed by atoms with Crippen LogP contribution in [-0.2, 0) is 5.41 Å². The van der Waals surface area contributed by atoms with Gasteiger partial charge in [-0.3, -0.25) is 0 Å². The van der Waals surface area contributed by atoms with E-state index in [1.807, 2.05) is 0 Å². The van der Waals surface area contributed by atoms with Gasteiger partial charge in [-0.1, -0.05) is 66.5 Å². The summed E-state index contributed by atoms with van der Waals surface area (Å²) >= 11 is 2.08. The largest absolute Gasteiger partial charge is 0.126 e. The van der Waals surface area contributed by atoms with Crippen LogP contribution < -0.4 is 0 Å². The highest BCUT2D eigenvalue weighted by atomic mass is 32.2. The van der Waals surface area contributed by atoms with Gasteiger partial charge in [0.15, 0.2) is 0 Å². The number of fused-ring (bicyclic) bond motifs is 1. The van der Waals surface area contributed by atoms with Gasteiger partial charge in [0.1, 0.15) is 0 Å². The monoisotopic (exact) mass is 304 g/mol. The standard InChI is InChI=1S/C20H32S/c1-7-8-9-16-13-21-19-11-10-17(12-18(19)15(16)4)20(5,6)14(2)3/h10-12,14-16H,7-9,13H2,1-6H3. The summed E-state index contributed by atoms with van der Waals surface area (Å²) in [7, 11) is 0. The van der Waals surface area contributed by atoms with Gasteiger partial charge in [-0.15, -0.1) is 11.8 Å². The van der Waals surface area contributed by atoms with E-state index >= 15 is 0 Å². The van der Waals surface area contributed by atoms with Gasteiger partial charge in [-0.2, -0.15) is 0 Å². The van der Waals surface area contributed by atoms with Crippen LogP contribution in [0.15, 0.2) is 23.1 Å². The zero-order valence-electron chi connectivity index (χ0n) is 14.7. The van der Waals surface area contributed by atoms with Crippen molar-refractivity contribution in [3.05, 3.63) is 29.3 Å². The SMILES string of the molecule is CCCCC1CSc2ccc(C(C)(C)C(C)C)cc2C1C. The molecule has 0 radical (unpaired) electrons. The number of hydrogen-bond donors (Lipinski definition) is 0. The van der Waals surface area contributed by atoms with E-state index in [1.54, 1.807) is 5.56 Å². The Morgan fingerprint density at radius 1 is 1.29 bits per heavy atom. The second-order valence-corrected chi connectivity index (χ2v) is 8.69. The maximum Gasteiger partial charge on any atom is 0.0107 e. The molecule has 0 bridgehead atoms. The Morgan fingerprint density at radius 3 is 2.62 bits per heavy atom. The van der Waals surface area contributed by atoms with Crippen LogP contribution in [0.5, 0.6) is 0 Å². The molecule has 0 fully saturated rings. The second kappa shape index (κ2) is 6.77. The molecule has 1 aromatic rings. The van der Waals surface area contributed by atoms with Crippen molar-refractivity contribution in [1.29, 1.82) is 0 Å². The molecule has 0 aliphatic carbocycles. The maximum absolute atomic E-state index is 2.52. The van der Waals surface area contributed by atoms with E-state index in [0.717, 1.165) is 11.8 Å². The minimum absolute atomic E-state index is 0.260. The summed E-state index contributed by atoms with van der Waals surface area (Å²) in [6, 6.07) is 7.27. The minimum Gasteiger partial charge on any atom is -0.126 e. The smallest absolute Gasteiger partial charge is 0.0107 e. The summed E-state index contributed by atoms with van der Waals surface area (Å²) in [6.07, 6.45) is 4.09. The van der Waals surface area contributed by atoms with E-state index in [0.29, 0.717) is 5.92 Å². The van der Waals surface area contributed by atoms with Gasteiger partial charge in [0.2, 0.25) is 0 Å². The molecule has 1 aliphatic heterocycles. The third-order valence-corrected chi connectivity index (χ3v) is 7.05. The molecular formula is C20H32S. The van der Waals surface area contributed by atoms with Gasteiger partial charge in [0, 0.05) is 10.6 Å². The van der Waals surface area contributed by atoms with E-state index in [9.17, 15) is 0 Å². The first-order valence-electron chi connectivity index (χ1n) is 8.65. The Hall–Kier alpha value is -0.430. The number of benzene rings is 1. The van der Waals surface area contributed by atoms with Crippen molar-refractivity contribution < 1.29 is 0 Å². The fourth-order valence-electron chi connectivity index (χ4n) is 3.16. The Labute approximate surface area is 136 Å². The van der Waals surface area contributed by atoms with Crippen LogP contribution in [0.25, 0.3) is 0 Å². The molecule has 0 amide bonds. The molecule has 21 heavy (non-hydrogen) atoms. The van der Waals surface area contributed by atoms with Crippen molar-refractivity contribution in [3.8, 4) is 0 Å². The highest BCUT2D eigenvalue weighted by molar-refractivity contribution is 7.99. The van der Waals surface area contributed by atoms with Gasteiger partial charge in [-0.25, -0.2) is 0 Å². The predicted octanol–water partition coefficient (Wildman–Crippen LogP) is 6.64. The average Bonchev–Trinajstić information content (AvgIpc) is 2.46. The molecule has 0 aromatic heterocycles. The fraction of sp³-hybridized carbons (Fsp3) is 0.700. The molecule has 1 heteroatoms. The first kappa shape index (κ1) is 16.9. The van der Waals surface area contributed by atoms with Crippen molar-refractivity contribution in [1.82, 2.24) is 0 Å². The van der Waals surface area contributed by atoms with Crippen molar-refractivity contribution >= 4 is 11.8 Å². The lowest BCUT2D eigenvalue weighted by molar-refractivity contribution is 0.370. The summed E-state index contributed by atoms with van der Waals surface area (Å²) in [5.41, 5.74) is 3.38. The molecule has 0 N–H and O–H groups in total. The maximum atomic E-state index is 2.52. The summed E-state index contributed by atoms with van der Waals surface area (Å²) in [6.45, 7) is 14.2. The lowest BCUT2D eigenvalue weighted by atomic mass is 9.73. The average molecular weight is 305 g/mol. The highest BCUT2D eigenvalue weighted by Gasteiger charge is 2.30. The molecule has 0 spiro atoms. The number of unbranched alkanes of at least 4 members (excludes halogenated alkanes) is 1. The molecule has 2 rings (SSSR count). The van der Waals surface area contributed by atoms with Gasteiger partial charge in [0.05, 0.1) is 0 Å². The van der Waals surface area contributed by atoms with Gasteiger partial charge in [-0.05, 0) is 46.8 Å². The van der Waals surface area contributed by atoms with Gasteiger partial charge < -0.3 is 0 Å². The quantitative estimate of drug-likeness (QED) is 0.588. The summed E-state index contributed by atoms with van der Waals surface area (Å²) < 4.78 is 0. The lowest BCUT2D eigenvalue weighted by Gasteiger charge is -2.35. The van der Waals surface area contributed by atoms with Crippen LogP contribution >= 0.6 is 11.8 Å². The molecule has 118 valence electrons. The van der Waals surface area contributed by atoms with Crippen LogP contribution in [-0.4, -0.2) is 5.75 Å². The van der Waals surface area contributed by atoms with E-state index in [-0.39, 0.29) is 5.41 Å². The van der Waals surface area contributed by atoms with Crippen LogP contribution in [0.2, 0.25) is 0 Å². The molecule has 2 unspecified atom stereocenters. The molecule has 2 atom stereocenters. The zero-order chi connectivity index (χ0) is 15.6. The number of rotatable bonds is 5. The second-order valence-electron chi connectivity index (χ2n) is 7.63. The van der Waals surface area contributed by atoms with Crippen LogP contribution in [0.4, 0.5) is 0 Å². The molecular weight excluding hydrogens is 272 g/mol. The lowest BCUT2D eigenvalue weighted by Crippen LogP contribution is -2.25. The third-order valence-electron chi connectivity index (χ3n) is 5.78. The van der Waals surface area contributed by atoms with Crippen molar-refractivity contribution in [2.45, 2.75) is 77.0 Å². The third kappa shape index (κ3) is 3.50. The summed E-state index contributed by atoms with van der Waals surface area (Å²) in [4.78, 5) is 1.53. The fourth-order valence-corrected chi connectivity index (χ4v) is 4.59. The van der Waals surface area contributed by atoms with E-state index in [2.05, 4.69) is 71.5 Å². The molecule has 0 nitrogen and oxygen atoms in total. The zero-order valence-corrected chi connectivity index (χ0v) is 15.5. The topological polar surface area (TPSA) is 0 Å². The number of hydrogen-bond acceptors (Lipinski definition) is 1. The first-order valence-corrected chi connectivity index (χ1v) is 9.63. The van der Waals surface area contributed by atoms with Crippen molar-refractivity contribution in [3.63, 3.8) is 0 Å².